The van der Waals surface area contributed by atoms with Gasteiger partial charge in [0.1, 0.15) is 23.0 Å². The molecular formula is C20H18F3N3O2S. The summed E-state index contributed by atoms with van der Waals surface area (Å²) in [6, 6.07) is 7.40. The summed E-state index contributed by atoms with van der Waals surface area (Å²) in [5.74, 6) is -2.84. The van der Waals surface area contributed by atoms with Crippen LogP contribution in [0.15, 0.2) is 36.4 Å². The Kier molecular flexibility index (Phi) is 5.79. The molecule has 152 valence electrons. The molecule has 0 bridgehead atoms. The molecule has 5 nitrogen and oxygen atoms in total. The quantitative estimate of drug-likeness (QED) is 0.630. The van der Waals surface area contributed by atoms with Gasteiger partial charge in [-0.1, -0.05) is 17.4 Å². The molecule has 0 saturated carbocycles. The average Bonchev–Trinajstić information content (AvgIpc) is 3.14. The van der Waals surface area contributed by atoms with Crippen LogP contribution in [0.25, 0.3) is 10.2 Å². The van der Waals surface area contributed by atoms with Crippen molar-refractivity contribution in [1.29, 1.82) is 0 Å². The summed E-state index contributed by atoms with van der Waals surface area (Å²) in [7, 11) is 0. The molecule has 1 saturated heterocycles. The Morgan fingerprint density at radius 1 is 1.14 bits per heavy atom. The van der Waals surface area contributed by atoms with Gasteiger partial charge < -0.3 is 4.74 Å². The number of hydrogen-bond donors (Lipinski definition) is 0. The highest BCUT2D eigenvalue weighted by molar-refractivity contribution is 7.22. The van der Waals surface area contributed by atoms with Gasteiger partial charge in [0.15, 0.2) is 5.13 Å². The molecule has 2 heterocycles. The van der Waals surface area contributed by atoms with Crippen molar-refractivity contribution in [3.8, 4) is 0 Å². The van der Waals surface area contributed by atoms with Gasteiger partial charge in [0, 0.05) is 32.2 Å². The van der Waals surface area contributed by atoms with E-state index in [4.69, 9.17) is 4.74 Å². The highest BCUT2D eigenvalue weighted by Crippen LogP contribution is 2.31. The van der Waals surface area contributed by atoms with E-state index in [0.717, 1.165) is 36.6 Å². The Morgan fingerprint density at radius 2 is 1.93 bits per heavy atom. The summed E-state index contributed by atoms with van der Waals surface area (Å²) in [6.45, 7) is 3.41. The summed E-state index contributed by atoms with van der Waals surface area (Å²) in [6.07, 6.45) is 0. The molecule has 1 aliphatic heterocycles. The van der Waals surface area contributed by atoms with Crippen molar-refractivity contribution in [2.24, 2.45) is 0 Å². The predicted octanol–water partition coefficient (Wildman–Crippen LogP) is 3.69. The number of para-hydroxylation sites is 1. The highest BCUT2D eigenvalue weighted by Gasteiger charge is 2.25. The summed E-state index contributed by atoms with van der Waals surface area (Å²) in [5, 5.41) is 0.270. The molecule has 0 aliphatic carbocycles. The largest absolute Gasteiger partial charge is 0.379 e. The lowest BCUT2D eigenvalue weighted by molar-refractivity contribution is 0.0391. The number of fused-ring (bicyclic) bond motifs is 1. The molecule has 2 aromatic carbocycles. The van der Waals surface area contributed by atoms with Gasteiger partial charge in [0.2, 0.25) is 0 Å². The van der Waals surface area contributed by atoms with Gasteiger partial charge >= 0.3 is 0 Å². The molecule has 1 amide bonds. The van der Waals surface area contributed by atoms with Gasteiger partial charge in [-0.2, -0.15) is 0 Å². The van der Waals surface area contributed by atoms with Gasteiger partial charge in [-0.25, -0.2) is 18.2 Å². The fourth-order valence-electron chi connectivity index (χ4n) is 3.18. The Hall–Kier alpha value is -2.49. The molecule has 1 aromatic heterocycles. The topological polar surface area (TPSA) is 45.7 Å². The predicted molar refractivity (Wildman–Crippen MR) is 105 cm³/mol. The number of thiazole rings is 1. The van der Waals surface area contributed by atoms with E-state index in [0.29, 0.717) is 30.5 Å². The maximum absolute atomic E-state index is 14.2. The lowest BCUT2D eigenvalue weighted by Crippen LogP contribution is -2.43. The van der Waals surface area contributed by atoms with Crippen LogP contribution >= 0.6 is 11.3 Å². The third-order valence-corrected chi connectivity index (χ3v) is 5.78. The fraction of sp³-hybridized carbons (Fsp3) is 0.300. The molecule has 29 heavy (non-hydrogen) atoms. The van der Waals surface area contributed by atoms with E-state index < -0.39 is 23.4 Å². The molecule has 0 spiro atoms. The first-order valence-electron chi connectivity index (χ1n) is 9.15. The van der Waals surface area contributed by atoms with E-state index in [1.165, 1.54) is 11.0 Å². The zero-order valence-electron chi connectivity index (χ0n) is 15.4. The maximum atomic E-state index is 14.2. The molecular weight excluding hydrogens is 403 g/mol. The van der Waals surface area contributed by atoms with Gasteiger partial charge in [-0.3, -0.25) is 14.6 Å². The van der Waals surface area contributed by atoms with Crippen LogP contribution in [0.3, 0.4) is 0 Å². The third kappa shape index (κ3) is 4.26. The molecule has 0 atom stereocenters. The minimum Gasteiger partial charge on any atom is -0.379 e. The van der Waals surface area contributed by atoms with Gasteiger partial charge in [0.25, 0.3) is 5.91 Å². The second kappa shape index (κ2) is 8.48. The van der Waals surface area contributed by atoms with Crippen LogP contribution in [-0.2, 0) is 4.74 Å². The molecule has 1 fully saturated rings. The first-order valence-corrected chi connectivity index (χ1v) is 9.96. The zero-order valence-corrected chi connectivity index (χ0v) is 16.2. The first kappa shape index (κ1) is 19.8. The highest BCUT2D eigenvalue weighted by atomic mass is 32.1. The van der Waals surface area contributed by atoms with Crippen molar-refractivity contribution in [2.45, 2.75) is 0 Å². The summed E-state index contributed by atoms with van der Waals surface area (Å²) < 4.78 is 47.5. The van der Waals surface area contributed by atoms with Gasteiger partial charge in [0.05, 0.1) is 23.5 Å². The number of amides is 1. The van der Waals surface area contributed by atoms with E-state index in [2.05, 4.69) is 9.88 Å². The molecule has 0 unspecified atom stereocenters. The summed E-state index contributed by atoms with van der Waals surface area (Å²) >= 11 is 1.15. The number of ether oxygens (including phenoxy) is 1. The monoisotopic (exact) mass is 421 g/mol. The molecule has 0 N–H and O–H groups in total. The number of hydrogen-bond acceptors (Lipinski definition) is 5. The minimum atomic E-state index is -0.946. The van der Waals surface area contributed by atoms with Crippen molar-refractivity contribution in [3.05, 3.63) is 59.4 Å². The Bertz CT molecular complexity index is 1040. The zero-order chi connectivity index (χ0) is 20.4. The number of carbonyl (C=O) groups excluding carboxylic acids is 1. The average molecular weight is 421 g/mol. The van der Waals surface area contributed by atoms with Crippen molar-refractivity contribution in [2.75, 3.05) is 44.3 Å². The number of nitrogens with zero attached hydrogens (tertiary/aromatic N) is 3. The SMILES string of the molecule is O=C(c1ccc(F)cc1F)N(CCN1CCOCC1)c1nc2c(F)cccc2s1. The number of aromatic nitrogens is 1. The minimum absolute atomic E-state index is 0.163. The van der Waals surface area contributed by atoms with Crippen molar-refractivity contribution in [1.82, 2.24) is 9.88 Å². The maximum Gasteiger partial charge on any atom is 0.263 e. The van der Waals surface area contributed by atoms with Crippen LogP contribution in [0.4, 0.5) is 18.3 Å². The second-order valence-corrected chi connectivity index (χ2v) is 7.63. The van der Waals surface area contributed by atoms with E-state index in [-0.39, 0.29) is 22.8 Å². The summed E-state index contributed by atoms with van der Waals surface area (Å²) in [4.78, 5) is 20.8. The lowest BCUT2D eigenvalue weighted by Gasteiger charge is -2.29. The number of halogens is 3. The fourth-order valence-corrected chi connectivity index (χ4v) is 4.18. The van der Waals surface area contributed by atoms with Crippen LogP contribution in [0.5, 0.6) is 0 Å². The number of rotatable bonds is 5. The van der Waals surface area contributed by atoms with Crippen LogP contribution in [0, 0.1) is 17.5 Å². The van der Waals surface area contributed by atoms with Crippen LogP contribution in [-0.4, -0.2) is 55.2 Å². The number of morpholine rings is 1. The number of anilines is 1. The van der Waals surface area contributed by atoms with E-state index >= 15 is 0 Å². The van der Waals surface area contributed by atoms with Crippen molar-refractivity contribution in [3.63, 3.8) is 0 Å². The van der Waals surface area contributed by atoms with Crippen LogP contribution in [0.2, 0.25) is 0 Å². The second-order valence-electron chi connectivity index (χ2n) is 6.62. The molecule has 1 aliphatic rings. The third-order valence-electron chi connectivity index (χ3n) is 4.74. The summed E-state index contributed by atoms with van der Waals surface area (Å²) in [5.41, 5.74) is -0.0932. The number of carbonyl (C=O) groups is 1. The molecule has 3 aromatic rings. The standard InChI is InChI=1S/C20H18F3N3O2S/c21-13-4-5-14(16(23)12-13)19(27)26(7-6-25-8-10-28-11-9-25)20-24-18-15(22)2-1-3-17(18)29-20/h1-5,12H,6-11H2. The Morgan fingerprint density at radius 3 is 2.66 bits per heavy atom. The van der Waals surface area contributed by atoms with Crippen LogP contribution in [0.1, 0.15) is 10.4 Å². The van der Waals surface area contributed by atoms with Crippen molar-refractivity contribution >= 4 is 32.6 Å². The number of benzene rings is 2. The smallest absolute Gasteiger partial charge is 0.263 e. The molecule has 9 heteroatoms. The van der Waals surface area contributed by atoms with Gasteiger partial charge in [-0.15, -0.1) is 0 Å². The van der Waals surface area contributed by atoms with Crippen molar-refractivity contribution < 1.29 is 22.7 Å². The Labute approximate surface area is 169 Å². The molecule has 4 rings (SSSR count). The van der Waals surface area contributed by atoms with Gasteiger partial charge in [-0.05, 0) is 24.3 Å². The molecule has 0 radical (unpaired) electrons. The van der Waals surface area contributed by atoms with E-state index in [1.54, 1.807) is 12.1 Å². The first-order chi connectivity index (χ1) is 14.0. The van der Waals surface area contributed by atoms with Crippen LogP contribution < -0.4 is 4.90 Å². The van der Waals surface area contributed by atoms with E-state index in [9.17, 15) is 18.0 Å². The normalized spacial score (nSPS) is 15.0. The lowest BCUT2D eigenvalue weighted by atomic mass is 10.2. The Balaban J connectivity index is 1.67. The van der Waals surface area contributed by atoms with E-state index in [1.807, 2.05) is 0 Å².